The zero-order valence-corrected chi connectivity index (χ0v) is 26.7. The summed E-state index contributed by atoms with van der Waals surface area (Å²) >= 11 is 0. The van der Waals surface area contributed by atoms with E-state index in [4.69, 9.17) is 9.47 Å². The molecule has 3 N–H and O–H groups in total. The van der Waals surface area contributed by atoms with Crippen LogP contribution in [-0.4, -0.2) is 62.8 Å². The molecule has 48 heavy (non-hydrogen) atoms. The van der Waals surface area contributed by atoms with E-state index < -0.39 is 6.29 Å². The largest absolute Gasteiger partial charge is 0.395 e. The number of likely N-dealkylation sites (tertiary alicyclic amines) is 1. The van der Waals surface area contributed by atoms with Crippen LogP contribution in [0.25, 0.3) is 22.2 Å². The van der Waals surface area contributed by atoms with Crippen molar-refractivity contribution in [2.24, 2.45) is 0 Å². The standard InChI is InChI=1S/C39H40N4O5/c44-24-26-13-15-28(16-14-26)37-20-33(23-43-17-5-10-32(43)25-45)47-39(48-37)31-9-4-8-30(19-31)29-7-3-6-27(18-29)21-41-38(46)36-22-40-34-11-1-2-12-35(34)42-36/h1-4,6-9,11-16,18-19,22,32-33,37,39,44-45H,5,10,17,20-21,23-25H2,(H,41,46)/t32-,33-,37+,39+/m0/s1. The summed E-state index contributed by atoms with van der Waals surface area (Å²) in [5.74, 6) is -0.276. The van der Waals surface area contributed by atoms with Crippen LogP contribution in [0, 0.1) is 0 Å². The van der Waals surface area contributed by atoms with Crippen LogP contribution < -0.4 is 5.32 Å². The lowest BCUT2D eigenvalue weighted by Gasteiger charge is -2.38. The van der Waals surface area contributed by atoms with E-state index in [1.807, 2.05) is 72.8 Å². The molecule has 0 bridgehead atoms. The number of hydrogen-bond donors (Lipinski definition) is 3. The average Bonchev–Trinajstić information content (AvgIpc) is 3.60. The highest BCUT2D eigenvalue weighted by Gasteiger charge is 2.35. The number of fused-ring (bicyclic) bond motifs is 1. The first kappa shape index (κ1) is 32.1. The van der Waals surface area contributed by atoms with Gasteiger partial charge in [0.2, 0.25) is 0 Å². The van der Waals surface area contributed by atoms with Crippen molar-refractivity contribution in [1.29, 1.82) is 0 Å². The van der Waals surface area contributed by atoms with Crippen molar-refractivity contribution in [3.05, 3.63) is 131 Å². The van der Waals surface area contributed by atoms with Gasteiger partial charge in [-0.2, -0.15) is 0 Å². The molecule has 1 amide bonds. The van der Waals surface area contributed by atoms with E-state index in [1.165, 1.54) is 6.20 Å². The Morgan fingerprint density at radius 3 is 2.46 bits per heavy atom. The molecule has 5 aromatic rings. The molecule has 1 aromatic heterocycles. The molecule has 0 saturated carbocycles. The maximum Gasteiger partial charge on any atom is 0.271 e. The molecule has 2 aliphatic heterocycles. The van der Waals surface area contributed by atoms with Crippen LogP contribution in [0.2, 0.25) is 0 Å². The van der Waals surface area contributed by atoms with Crippen molar-refractivity contribution >= 4 is 16.9 Å². The molecule has 2 aliphatic rings. The number of aliphatic hydroxyl groups excluding tert-OH is 2. The van der Waals surface area contributed by atoms with Gasteiger partial charge in [0, 0.05) is 31.1 Å². The quantitative estimate of drug-likeness (QED) is 0.177. The van der Waals surface area contributed by atoms with Gasteiger partial charge in [-0.05, 0) is 71.5 Å². The molecule has 0 aliphatic carbocycles. The third kappa shape index (κ3) is 7.31. The van der Waals surface area contributed by atoms with E-state index >= 15 is 0 Å². The van der Waals surface area contributed by atoms with Gasteiger partial charge in [0.25, 0.3) is 5.91 Å². The number of amides is 1. The lowest BCUT2D eigenvalue weighted by molar-refractivity contribution is -0.253. The SMILES string of the molecule is O=C(NCc1cccc(-c2cccc([C@@H]3O[C@H](CN4CCC[C@H]4CO)C[C@H](c4ccc(CO)cc4)O3)c2)c1)c1cnc2ccccc2n1. The molecule has 0 unspecified atom stereocenters. The number of para-hydroxylation sites is 2. The minimum Gasteiger partial charge on any atom is -0.395 e. The second kappa shape index (κ2) is 14.7. The summed E-state index contributed by atoms with van der Waals surface area (Å²) < 4.78 is 13.2. The van der Waals surface area contributed by atoms with Crippen molar-refractivity contribution in [1.82, 2.24) is 20.2 Å². The van der Waals surface area contributed by atoms with Crippen LogP contribution >= 0.6 is 0 Å². The Morgan fingerprint density at radius 2 is 1.65 bits per heavy atom. The van der Waals surface area contributed by atoms with Crippen molar-refractivity contribution in [2.75, 3.05) is 19.7 Å². The lowest BCUT2D eigenvalue weighted by Crippen LogP contribution is -2.42. The maximum atomic E-state index is 12.9. The Bertz CT molecular complexity index is 1870. The topological polar surface area (TPSA) is 117 Å². The number of hydrogen-bond acceptors (Lipinski definition) is 8. The van der Waals surface area contributed by atoms with E-state index in [9.17, 15) is 15.0 Å². The number of aromatic nitrogens is 2. The summed E-state index contributed by atoms with van der Waals surface area (Å²) in [6.45, 7) is 2.18. The predicted molar refractivity (Wildman–Crippen MR) is 183 cm³/mol. The third-order valence-electron chi connectivity index (χ3n) is 9.32. The zero-order valence-electron chi connectivity index (χ0n) is 26.7. The van der Waals surface area contributed by atoms with Crippen LogP contribution in [0.15, 0.2) is 103 Å². The smallest absolute Gasteiger partial charge is 0.271 e. The van der Waals surface area contributed by atoms with Crippen molar-refractivity contribution in [2.45, 2.75) is 57.0 Å². The maximum absolute atomic E-state index is 12.9. The molecule has 4 aromatic carbocycles. The van der Waals surface area contributed by atoms with Gasteiger partial charge in [-0.3, -0.25) is 14.7 Å². The molecule has 0 radical (unpaired) electrons. The summed E-state index contributed by atoms with van der Waals surface area (Å²) in [7, 11) is 0. The van der Waals surface area contributed by atoms with Gasteiger partial charge in [0.15, 0.2) is 6.29 Å². The van der Waals surface area contributed by atoms with E-state index in [0.29, 0.717) is 18.5 Å². The van der Waals surface area contributed by atoms with Gasteiger partial charge in [0.1, 0.15) is 5.69 Å². The number of aliphatic hydroxyl groups is 2. The van der Waals surface area contributed by atoms with Gasteiger partial charge in [-0.1, -0.05) is 72.8 Å². The lowest BCUT2D eigenvalue weighted by atomic mass is 9.98. The highest BCUT2D eigenvalue weighted by molar-refractivity contribution is 5.93. The van der Waals surface area contributed by atoms with Crippen LogP contribution in [0.5, 0.6) is 0 Å². The Kier molecular flexibility index (Phi) is 9.83. The van der Waals surface area contributed by atoms with Gasteiger partial charge >= 0.3 is 0 Å². The second-order valence-corrected chi connectivity index (χ2v) is 12.6. The molecule has 9 heteroatoms. The van der Waals surface area contributed by atoms with Gasteiger partial charge < -0.3 is 25.0 Å². The zero-order chi connectivity index (χ0) is 32.9. The monoisotopic (exact) mass is 644 g/mol. The van der Waals surface area contributed by atoms with Crippen molar-refractivity contribution in [3.63, 3.8) is 0 Å². The average molecular weight is 645 g/mol. The van der Waals surface area contributed by atoms with E-state index in [-0.39, 0.29) is 43.1 Å². The summed E-state index contributed by atoms with van der Waals surface area (Å²) in [5, 5.41) is 22.5. The fraction of sp³-hybridized carbons (Fsp3) is 0.308. The van der Waals surface area contributed by atoms with E-state index in [2.05, 4.69) is 44.5 Å². The third-order valence-corrected chi connectivity index (χ3v) is 9.32. The number of carbonyl (C=O) groups is 1. The highest BCUT2D eigenvalue weighted by atomic mass is 16.7. The molecule has 3 heterocycles. The molecule has 7 rings (SSSR count). The van der Waals surface area contributed by atoms with E-state index in [0.717, 1.165) is 64.8 Å². The molecular weight excluding hydrogens is 604 g/mol. The molecule has 2 fully saturated rings. The first-order valence-electron chi connectivity index (χ1n) is 16.6. The van der Waals surface area contributed by atoms with Crippen LogP contribution in [0.4, 0.5) is 0 Å². The normalized spacial score (nSPS) is 21.4. The summed E-state index contributed by atoms with van der Waals surface area (Å²) in [6, 6.07) is 31.9. The molecule has 0 spiro atoms. The summed E-state index contributed by atoms with van der Waals surface area (Å²) in [4.78, 5) is 24.1. The van der Waals surface area contributed by atoms with Crippen molar-refractivity contribution in [3.8, 4) is 11.1 Å². The Morgan fingerprint density at radius 1 is 0.854 bits per heavy atom. The Balaban J connectivity index is 1.08. The summed E-state index contributed by atoms with van der Waals surface area (Å²) in [6.07, 6.45) is 3.43. The predicted octanol–water partition coefficient (Wildman–Crippen LogP) is 5.72. The van der Waals surface area contributed by atoms with Gasteiger partial charge in [-0.25, -0.2) is 4.98 Å². The minimum absolute atomic E-state index is 0.00280. The Labute approximate surface area is 280 Å². The first-order chi connectivity index (χ1) is 23.6. The number of carbonyl (C=O) groups excluding carboxylic acids is 1. The van der Waals surface area contributed by atoms with Crippen LogP contribution in [0.3, 0.4) is 0 Å². The number of rotatable bonds is 10. The van der Waals surface area contributed by atoms with Crippen LogP contribution in [-0.2, 0) is 22.6 Å². The number of benzene rings is 4. The van der Waals surface area contributed by atoms with Crippen molar-refractivity contribution < 1.29 is 24.5 Å². The number of nitrogens with one attached hydrogen (secondary N) is 1. The van der Waals surface area contributed by atoms with Crippen LogP contribution in [0.1, 0.15) is 64.4 Å². The van der Waals surface area contributed by atoms with Gasteiger partial charge in [-0.15, -0.1) is 0 Å². The molecule has 4 atom stereocenters. The highest BCUT2D eigenvalue weighted by Crippen LogP contribution is 2.39. The van der Waals surface area contributed by atoms with Gasteiger partial charge in [0.05, 0.1) is 42.7 Å². The number of nitrogens with zero attached hydrogens (tertiary/aromatic N) is 3. The molecule has 246 valence electrons. The fourth-order valence-corrected chi connectivity index (χ4v) is 6.70. The second-order valence-electron chi connectivity index (χ2n) is 12.6. The minimum atomic E-state index is -0.577. The Hall–Kier alpha value is -4.51. The molecule has 2 saturated heterocycles. The number of ether oxygens (including phenoxy) is 2. The molecule has 9 nitrogen and oxygen atoms in total. The fourth-order valence-electron chi connectivity index (χ4n) is 6.70. The van der Waals surface area contributed by atoms with E-state index in [1.54, 1.807) is 0 Å². The summed E-state index contributed by atoms with van der Waals surface area (Å²) in [5.41, 5.74) is 7.52. The first-order valence-corrected chi connectivity index (χ1v) is 16.6. The molecular formula is C39H40N4O5.